The Kier molecular flexibility index (Phi) is 4.24. The first kappa shape index (κ1) is 15.5. The van der Waals surface area contributed by atoms with Crippen LogP contribution in [0.15, 0.2) is 59.0 Å². The number of para-hydroxylation sites is 3. The lowest BCUT2D eigenvalue weighted by Crippen LogP contribution is -2.50. The lowest BCUT2D eigenvalue weighted by atomic mass is 10.2. The van der Waals surface area contributed by atoms with E-state index in [4.69, 9.17) is 4.42 Å². The highest BCUT2D eigenvalue weighted by molar-refractivity contribution is 5.81. The number of aromatic nitrogens is 1. The first-order valence-electron chi connectivity index (χ1n) is 8.47. The maximum absolute atomic E-state index is 12.4. The predicted molar refractivity (Wildman–Crippen MR) is 97.7 cm³/mol. The van der Waals surface area contributed by atoms with E-state index in [1.54, 1.807) is 0 Å². The number of nitrogens with one attached hydrogen (secondary N) is 1. The van der Waals surface area contributed by atoms with Crippen molar-refractivity contribution in [1.29, 1.82) is 0 Å². The van der Waals surface area contributed by atoms with Gasteiger partial charge < -0.3 is 19.5 Å². The second kappa shape index (κ2) is 6.84. The second-order valence-electron chi connectivity index (χ2n) is 6.04. The average molecular weight is 336 g/mol. The van der Waals surface area contributed by atoms with Crippen LogP contribution in [0.1, 0.15) is 0 Å². The number of carbonyl (C=O) groups excluding carboxylic acids is 1. The second-order valence-corrected chi connectivity index (χ2v) is 6.04. The third kappa shape index (κ3) is 3.42. The largest absolute Gasteiger partial charge is 0.424 e. The van der Waals surface area contributed by atoms with Gasteiger partial charge in [0.2, 0.25) is 5.91 Å². The number of rotatable bonds is 4. The zero-order valence-corrected chi connectivity index (χ0v) is 13.9. The van der Waals surface area contributed by atoms with Crippen LogP contribution in [-0.4, -0.2) is 48.5 Å². The van der Waals surface area contributed by atoms with Gasteiger partial charge in [0.25, 0.3) is 6.01 Å². The van der Waals surface area contributed by atoms with Gasteiger partial charge in [0.05, 0.1) is 6.54 Å². The Morgan fingerprint density at radius 1 is 1.00 bits per heavy atom. The van der Waals surface area contributed by atoms with Gasteiger partial charge >= 0.3 is 0 Å². The standard InChI is InChI=1S/C19H20N4O2/c24-18(14-20-19-21-16-8-4-5-9-17(16)25-19)23-12-10-22(11-13-23)15-6-2-1-3-7-15/h1-9H,10-14H2,(H,20,21). The van der Waals surface area contributed by atoms with E-state index in [1.807, 2.05) is 47.4 Å². The van der Waals surface area contributed by atoms with E-state index in [-0.39, 0.29) is 12.5 Å². The highest BCUT2D eigenvalue weighted by Gasteiger charge is 2.21. The fraction of sp³-hybridized carbons (Fsp3) is 0.263. The van der Waals surface area contributed by atoms with Crippen molar-refractivity contribution in [3.8, 4) is 0 Å². The monoisotopic (exact) mass is 336 g/mol. The molecule has 2 heterocycles. The lowest BCUT2D eigenvalue weighted by molar-refractivity contribution is -0.129. The topological polar surface area (TPSA) is 61.6 Å². The van der Waals surface area contributed by atoms with E-state index < -0.39 is 0 Å². The Hall–Kier alpha value is -3.02. The normalized spacial score (nSPS) is 14.7. The van der Waals surface area contributed by atoms with Crippen LogP contribution in [0.3, 0.4) is 0 Å². The molecule has 128 valence electrons. The maximum Gasteiger partial charge on any atom is 0.296 e. The van der Waals surface area contributed by atoms with Crippen molar-refractivity contribution in [1.82, 2.24) is 9.88 Å². The summed E-state index contributed by atoms with van der Waals surface area (Å²) in [4.78, 5) is 20.9. The number of benzene rings is 2. The maximum atomic E-state index is 12.4. The van der Waals surface area contributed by atoms with Crippen molar-refractivity contribution in [3.63, 3.8) is 0 Å². The molecule has 1 aromatic heterocycles. The van der Waals surface area contributed by atoms with Gasteiger partial charge in [-0.3, -0.25) is 4.79 Å². The van der Waals surface area contributed by atoms with E-state index in [9.17, 15) is 4.79 Å². The average Bonchev–Trinajstić information content (AvgIpc) is 3.10. The Labute approximate surface area is 146 Å². The molecule has 1 aliphatic heterocycles. The summed E-state index contributed by atoms with van der Waals surface area (Å²) >= 11 is 0. The number of hydrogen-bond acceptors (Lipinski definition) is 5. The molecule has 0 atom stereocenters. The Morgan fingerprint density at radius 2 is 1.72 bits per heavy atom. The van der Waals surface area contributed by atoms with Crippen molar-refractivity contribution in [2.75, 3.05) is 42.9 Å². The zero-order valence-electron chi connectivity index (χ0n) is 13.9. The van der Waals surface area contributed by atoms with E-state index in [1.165, 1.54) is 5.69 Å². The number of carbonyl (C=O) groups is 1. The summed E-state index contributed by atoms with van der Waals surface area (Å²) in [5, 5.41) is 2.99. The predicted octanol–water partition coefficient (Wildman–Crippen LogP) is 2.59. The SMILES string of the molecule is O=C(CNc1nc2ccccc2o1)N1CCN(c2ccccc2)CC1. The van der Waals surface area contributed by atoms with Gasteiger partial charge in [-0.2, -0.15) is 4.98 Å². The molecule has 2 aromatic carbocycles. The van der Waals surface area contributed by atoms with Crippen LogP contribution in [0.4, 0.5) is 11.7 Å². The van der Waals surface area contributed by atoms with Crippen molar-refractivity contribution < 1.29 is 9.21 Å². The first-order chi connectivity index (χ1) is 12.3. The molecule has 1 saturated heterocycles. The number of hydrogen-bond donors (Lipinski definition) is 1. The smallest absolute Gasteiger partial charge is 0.296 e. The van der Waals surface area contributed by atoms with Crippen molar-refractivity contribution in [2.24, 2.45) is 0 Å². The highest BCUT2D eigenvalue weighted by atomic mass is 16.4. The molecule has 4 rings (SSSR count). The third-order valence-corrected chi connectivity index (χ3v) is 4.44. The van der Waals surface area contributed by atoms with Crippen LogP contribution >= 0.6 is 0 Å². The van der Waals surface area contributed by atoms with Crippen LogP contribution < -0.4 is 10.2 Å². The zero-order chi connectivity index (χ0) is 17.1. The van der Waals surface area contributed by atoms with Crippen molar-refractivity contribution in [2.45, 2.75) is 0 Å². The number of nitrogens with zero attached hydrogens (tertiary/aromatic N) is 3. The molecule has 0 radical (unpaired) electrons. The van der Waals surface area contributed by atoms with Gasteiger partial charge in [-0.15, -0.1) is 0 Å². The van der Waals surface area contributed by atoms with E-state index in [2.05, 4.69) is 27.3 Å². The van der Waals surface area contributed by atoms with Crippen LogP contribution in [0.5, 0.6) is 0 Å². The number of anilines is 2. The molecular weight excluding hydrogens is 316 g/mol. The molecule has 0 unspecified atom stereocenters. The molecule has 1 amide bonds. The highest BCUT2D eigenvalue weighted by Crippen LogP contribution is 2.18. The molecule has 1 fully saturated rings. The van der Waals surface area contributed by atoms with Gasteiger partial charge in [0, 0.05) is 31.9 Å². The minimum Gasteiger partial charge on any atom is -0.424 e. The fourth-order valence-corrected chi connectivity index (χ4v) is 3.06. The Bertz CT molecular complexity index is 821. The van der Waals surface area contributed by atoms with Gasteiger partial charge in [-0.25, -0.2) is 0 Å². The summed E-state index contributed by atoms with van der Waals surface area (Å²) in [5.74, 6) is 0.0648. The number of oxazole rings is 1. The van der Waals surface area contributed by atoms with E-state index >= 15 is 0 Å². The van der Waals surface area contributed by atoms with Crippen LogP contribution in [0, 0.1) is 0 Å². The lowest BCUT2D eigenvalue weighted by Gasteiger charge is -2.36. The number of fused-ring (bicyclic) bond motifs is 1. The first-order valence-corrected chi connectivity index (χ1v) is 8.47. The number of piperazine rings is 1. The minimum atomic E-state index is 0.0648. The van der Waals surface area contributed by atoms with Crippen LogP contribution in [0.2, 0.25) is 0 Å². The van der Waals surface area contributed by atoms with E-state index in [0.29, 0.717) is 11.6 Å². The molecule has 0 spiro atoms. The van der Waals surface area contributed by atoms with Gasteiger partial charge in [-0.05, 0) is 24.3 Å². The molecule has 6 heteroatoms. The van der Waals surface area contributed by atoms with Crippen LogP contribution in [-0.2, 0) is 4.79 Å². The third-order valence-electron chi connectivity index (χ3n) is 4.44. The number of amides is 1. The summed E-state index contributed by atoms with van der Waals surface area (Å²) in [7, 11) is 0. The Morgan fingerprint density at radius 3 is 2.48 bits per heavy atom. The molecule has 0 saturated carbocycles. The molecule has 1 N–H and O–H groups in total. The summed E-state index contributed by atoms with van der Waals surface area (Å²) in [6.07, 6.45) is 0. The molecule has 0 aliphatic carbocycles. The molecule has 6 nitrogen and oxygen atoms in total. The Balaban J connectivity index is 1.30. The summed E-state index contributed by atoms with van der Waals surface area (Å²) in [5.41, 5.74) is 2.71. The minimum absolute atomic E-state index is 0.0648. The van der Waals surface area contributed by atoms with Crippen LogP contribution in [0.25, 0.3) is 11.1 Å². The summed E-state index contributed by atoms with van der Waals surface area (Å²) in [6.45, 7) is 3.33. The van der Waals surface area contributed by atoms with Gasteiger partial charge in [0.1, 0.15) is 5.52 Å². The van der Waals surface area contributed by atoms with Gasteiger partial charge in [0.15, 0.2) is 5.58 Å². The summed E-state index contributed by atoms with van der Waals surface area (Å²) in [6, 6.07) is 18.2. The summed E-state index contributed by atoms with van der Waals surface area (Å²) < 4.78 is 5.58. The molecule has 0 bridgehead atoms. The molecular formula is C19H20N4O2. The molecule has 1 aliphatic rings. The van der Waals surface area contributed by atoms with Crippen molar-refractivity contribution >= 4 is 28.7 Å². The van der Waals surface area contributed by atoms with E-state index in [0.717, 1.165) is 31.7 Å². The van der Waals surface area contributed by atoms with Crippen molar-refractivity contribution in [3.05, 3.63) is 54.6 Å². The quantitative estimate of drug-likeness (QED) is 0.793. The molecule has 25 heavy (non-hydrogen) atoms. The van der Waals surface area contributed by atoms with Gasteiger partial charge in [-0.1, -0.05) is 30.3 Å². The molecule has 3 aromatic rings. The fourth-order valence-electron chi connectivity index (χ4n) is 3.06.